The number of unbranched alkanes of at least 4 members (excludes halogenated alkanes) is 4. The molecule has 44 heavy (non-hydrogen) atoms. The normalized spacial score (nSPS) is 11.2. The molecule has 5 nitrogen and oxygen atoms in total. The Kier molecular flexibility index (Phi) is 11.5. The zero-order valence-corrected chi connectivity index (χ0v) is 26.1. The molecule has 0 fully saturated rings. The Bertz CT molecular complexity index is 1610. The molecule has 6 heteroatoms. The van der Waals surface area contributed by atoms with E-state index >= 15 is 0 Å². The number of furan rings is 1. The highest BCUT2D eigenvalue weighted by Crippen LogP contribution is 2.36. The van der Waals surface area contributed by atoms with Crippen LogP contribution in [0.2, 0.25) is 0 Å². The molecule has 1 aromatic heterocycles. The number of hydrogen-bond donors (Lipinski definition) is 0. The Labute approximate surface area is 265 Å². The molecule has 0 unspecified atom stereocenters. The Balaban J connectivity index is 1.13. The molecule has 5 aromatic rings. The van der Waals surface area contributed by atoms with Crippen molar-refractivity contribution < 1.29 is 18.7 Å². The average Bonchev–Trinajstić information content (AvgIpc) is 3.45. The van der Waals surface area contributed by atoms with Crippen molar-refractivity contribution in [1.29, 1.82) is 0 Å². The van der Waals surface area contributed by atoms with E-state index in [0.717, 1.165) is 42.6 Å². The van der Waals surface area contributed by atoms with Crippen molar-refractivity contribution in [1.82, 2.24) is 4.90 Å². The summed E-state index contributed by atoms with van der Waals surface area (Å²) in [6.45, 7) is 3.18. The van der Waals surface area contributed by atoms with Gasteiger partial charge in [-0.3, -0.25) is 4.79 Å². The highest BCUT2D eigenvalue weighted by atomic mass is 35.5. The number of carbonyl (C=O) groups is 1. The average molecular weight is 610 g/mol. The fourth-order valence-electron chi connectivity index (χ4n) is 5.38. The van der Waals surface area contributed by atoms with E-state index in [4.69, 9.17) is 25.5 Å². The smallest absolute Gasteiger partial charge is 0.197 e. The molecule has 0 amide bonds. The lowest BCUT2D eigenvalue weighted by atomic mass is 9.97. The van der Waals surface area contributed by atoms with Gasteiger partial charge in [-0.2, -0.15) is 0 Å². The maximum Gasteiger partial charge on any atom is 0.197 e. The second-order valence-electron chi connectivity index (χ2n) is 11.1. The molecule has 0 radical (unpaired) electrons. The van der Waals surface area contributed by atoms with Crippen LogP contribution in [0.5, 0.6) is 11.5 Å². The summed E-state index contributed by atoms with van der Waals surface area (Å²) < 4.78 is 17.9. The van der Waals surface area contributed by atoms with E-state index in [2.05, 4.69) is 42.3 Å². The van der Waals surface area contributed by atoms with Crippen LogP contribution in [0.3, 0.4) is 0 Å². The minimum Gasteiger partial charge on any atom is -0.494 e. The summed E-state index contributed by atoms with van der Waals surface area (Å²) >= 11 is 5.77. The minimum atomic E-state index is -0.121. The van der Waals surface area contributed by atoms with Crippen molar-refractivity contribution in [3.05, 3.63) is 120 Å². The van der Waals surface area contributed by atoms with Gasteiger partial charge in [0.1, 0.15) is 29.4 Å². The zero-order valence-electron chi connectivity index (χ0n) is 25.3. The third-order valence-corrected chi connectivity index (χ3v) is 7.78. The number of hydrogen-bond acceptors (Lipinski definition) is 5. The summed E-state index contributed by atoms with van der Waals surface area (Å²) in [5, 5.41) is 0.780. The molecule has 228 valence electrons. The molecular formula is C38H40ClNO4. The number of carbonyl (C=O) groups excluding carboxylic acids is 1. The van der Waals surface area contributed by atoms with Gasteiger partial charge < -0.3 is 18.8 Å². The van der Waals surface area contributed by atoms with Crippen LogP contribution in [-0.2, 0) is 6.54 Å². The van der Waals surface area contributed by atoms with Crippen molar-refractivity contribution in [3.63, 3.8) is 0 Å². The van der Waals surface area contributed by atoms with Gasteiger partial charge in [0.25, 0.3) is 0 Å². The van der Waals surface area contributed by atoms with Crippen molar-refractivity contribution >= 4 is 28.4 Å². The second-order valence-corrected chi connectivity index (χ2v) is 11.4. The van der Waals surface area contributed by atoms with Gasteiger partial charge in [0, 0.05) is 23.1 Å². The number of ketones is 1. The first-order valence-electron chi connectivity index (χ1n) is 15.4. The molecular weight excluding hydrogens is 570 g/mol. The Hall–Kier alpha value is -4.06. The summed E-state index contributed by atoms with van der Waals surface area (Å²) in [4.78, 5) is 16.2. The van der Waals surface area contributed by atoms with Crippen LogP contribution in [0.25, 0.3) is 22.3 Å². The number of ether oxygens (including phenoxy) is 2. The van der Waals surface area contributed by atoms with Crippen LogP contribution in [0.15, 0.2) is 108 Å². The van der Waals surface area contributed by atoms with Gasteiger partial charge in [-0.25, -0.2) is 0 Å². The number of benzene rings is 4. The van der Waals surface area contributed by atoms with Gasteiger partial charge in [0.05, 0.1) is 18.1 Å². The fourth-order valence-corrected chi connectivity index (χ4v) is 5.46. The lowest BCUT2D eigenvalue weighted by Crippen LogP contribution is -2.18. The minimum absolute atomic E-state index is 0.121. The van der Waals surface area contributed by atoms with Gasteiger partial charge in [-0.05, 0) is 74.5 Å². The lowest BCUT2D eigenvalue weighted by Gasteiger charge is -2.16. The van der Waals surface area contributed by atoms with Crippen LogP contribution in [0.4, 0.5) is 0 Å². The molecule has 0 spiro atoms. The van der Waals surface area contributed by atoms with Crippen LogP contribution in [0, 0.1) is 0 Å². The first-order valence-corrected chi connectivity index (χ1v) is 16.0. The molecule has 5 rings (SSSR count). The number of fused-ring (bicyclic) bond motifs is 1. The fraction of sp³-hybridized carbons (Fsp3) is 0.289. The lowest BCUT2D eigenvalue weighted by molar-refractivity contribution is 0.104. The van der Waals surface area contributed by atoms with Gasteiger partial charge in [0.15, 0.2) is 5.78 Å². The van der Waals surface area contributed by atoms with E-state index in [1.807, 2.05) is 60.7 Å². The summed E-state index contributed by atoms with van der Waals surface area (Å²) in [6.07, 6.45) is 5.84. The number of halogens is 1. The van der Waals surface area contributed by atoms with E-state index in [-0.39, 0.29) is 5.78 Å². The molecule has 1 heterocycles. The van der Waals surface area contributed by atoms with Gasteiger partial charge in [-0.1, -0.05) is 79.9 Å². The van der Waals surface area contributed by atoms with Crippen LogP contribution < -0.4 is 9.47 Å². The first-order chi connectivity index (χ1) is 21.6. The van der Waals surface area contributed by atoms with E-state index in [9.17, 15) is 4.79 Å². The number of para-hydroxylation sites is 1. The van der Waals surface area contributed by atoms with Crippen molar-refractivity contribution in [2.75, 3.05) is 32.7 Å². The molecule has 0 aliphatic heterocycles. The molecule has 0 bridgehead atoms. The third kappa shape index (κ3) is 8.52. The summed E-state index contributed by atoms with van der Waals surface area (Å²) in [5.41, 5.74) is 3.92. The first kappa shape index (κ1) is 31.4. The summed E-state index contributed by atoms with van der Waals surface area (Å²) in [7, 11) is 2.19. The Morgan fingerprint density at radius 3 is 2.30 bits per heavy atom. The number of alkyl halides is 1. The quantitative estimate of drug-likeness (QED) is 0.0597. The number of nitrogens with zero attached hydrogens (tertiary/aromatic N) is 1. The summed E-state index contributed by atoms with van der Waals surface area (Å²) in [6, 6.07) is 33.2. The van der Waals surface area contributed by atoms with Gasteiger partial charge in [-0.15, -0.1) is 11.6 Å². The van der Waals surface area contributed by atoms with E-state index < -0.39 is 0 Å². The molecule has 0 aliphatic carbocycles. The molecule has 0 saturated carbocycles. The predicted molar refractivity (Wildman–Crippen MR) is 179 cm³/mol. The van der Waals surface area contributed by atoms with Crippen molar-refractivity contribution in [2.45, 2.75) is 38.6 Å². The number of rotatable bonds is 17. The SMILES string of the molecule is CN(CCCCCCCOc1ccc(-c2oc3ccccc3c2C(=O)c2cccc(OCCCl)c2)cc1)Cc1ccccc1. The maximum atomic E-state index is 13.8. The largest absolute Gasteiger partial charge is 0.494 e. The van der Waals surface area contributed by atoms with Crippen LogP contribution >= 0.6 is 11.6 Å². The molecule has 0 atom stereocenters. The van der Waals surface area contributed by atoms with Crippen LogP contribution in [-0.4, -0.2) is 43.4 Å². The standard InChI is InChI=1S/C38H40ClNO4/c1-40(28-29-13-6-5-7-14-29)24-10-3-2-4-11-25-42-32-21-19-30(20-22-32)38-36(34-17-8-9-18-35(34)44-38)37(41)31-15-12-16-33(27-31)43-26-23-39/h5-9,12-22,27H,2-4,10-11,23-26,28H2,1H3. The molecule has 0 aliphatic rings. The predicted octanol–water partition coefficient (Wildman–Crippen LogP) is 9.41. The van der Waals surface area contributed by atoms with Crippen molar-refractivity contribution in [3.8, 4) is 22.8 Å². The summed E-state index contributed by atoms with van der Waals surface area (Å²) in [5.74, 6) is 2.22. The van der Waals surface area contributed by atoms with Gasteiger partial charge in [0.2, 0.25) is 0 Å². The van der Waals surface area contributed by atoms with Crippen LogP contribution in [0.1, 0.15) is 53.6 Å². The monoisotopic (exact) mass is 609 g/mol. The molecule has 0 saturated heterocycles. The topological polar surface area (TPSA) is 51.9 Å². The molecule has 4 aromatic carbocycles. The third-order valence-electron chi connectivity index (χ3n) is 7.63. The Morgan fingerprint density at radius 1 is 0.750 bits per heavy atom. The molecule has 0 N–H and O–H groups in total. The maximum absolute atomic E-state index is 13.8. The highest BCUT2D eigenvalue weighted by molar-refractivity contribution is 6.19. The highest BCUT2D eigenvalue weighted by Gasteiger charge is 2.23. The van der Waals surface area contributed by atoms with E-state index in [1.54, 1.807) is 12.1 Å². The van der Waals surface area contributed by atoms with Gasteiger partial charge >= 0.3 is 0 Å². The van der Waals surface area contributed by atoms with E-state index in [1.165, 1.54) is 24.8 Å². The van der Waals surface area contributed by atoms with Crippen molar-refractivity contribution in [2.24, 2.45) is 0 Å². The Morgan fingerprint density at radius 2 is 1.48 bits per heavy atom. The zero-order chi connectivity index (χ0) is 30.6. The second kappa shape index (κ2) is 16.1. The van der Waals surface area contributed by atoms with E-state index in [0.29, 0.717) is 47.3 Å².